The number of benzene rings is 1. The summed E-state index contributed by atoms with van der Waals surface area (Å²) in [5.74, 6) is 4.98. The number of hydrogen-bond donors (Lipinski definition) is 1. The Bertz CT molecular complexity index is 617. The highest BCUT2D eigenvalue weighted by Crippen LogP contribution is 2.18. The summed E-state index contributed by atoms with van der Waals surface area (Å²) in [7, 11) is 0. The van der Waals surface area contributed by atoms with Gasteiger partial charge >= 0.3 is 0 Å². The first kappa shape index (κ1) is 14.0. The Hall–Kier alpha value is -2.38. The first-order chi connectivity index (χ1) is 9.79. The number of rotatable bonds is 4. The smallest absolute Gasteiger partial charge is 0.165 e. The minimum absolute atomic E-state index is 0.170. The molecule has 102 valence electrons. The Kier molecular flexibility index (Phi) is 5.10. The molecule has 0 fully saturated rings. The molecule has 0 atom stereocenters. The van der Waals surface area contributed by atoms with Gasteiger partial charge in [0.1, 0.15) is 6.61 Å². The number of pyridine rings is 1. The average molecular weight is 271 g/mol. The Morgan fingerprint density at radius 2 is 2.00 bits per heavy atom. The van der Waals surface area contributed by atoms with E-state index in [-0.39, 0.29) is 12.4 Å². The van der Waals surface area contributed by atoms with Crippen LogP contribution in [0.25, 0.3) is 0 Å². The molecule has 1 heterocycles. The predicted molar refractivity (Wildman–Crippen MR) is 73.8 cm³/mol. The van der Waals surface area contributed by atoms with Gasteiger partial charge in [-0.1, -0.05) is 11.8 Å². The van der Waals surface area contributed by atoms with Crippen LogP contribution in [-0.4, -0.2) is 23.3 Å². The van der Waals surface area contributed by atoms with Crippen molar-refractivity contribution in [3.05, 3.63) is 59.7 Å². The summed E-state index contributed by atoms with van der Waals surface area (Å²) in [6.07, 6.45) is 4.09. The largest absolute Gasteiger partial charge is 0.490 e. The lowest BCUT2D eigenvalue weighted by molar-refractivity contribution is 0.305. The molecule has 0 amide bonds. The molecule has 2 rings (SSSR count). The van der Waals surface area contributed by atoms with E-state index in [0.29, 0.717) is 18.6 Å². The quantitative estimate of drug-likeness (QED) is 0.867. The molecule has 0 unspecified atom stereocenters. The number of halogens is 1. The molecule has 0 saturated heterocycles. The maximum absolute atomic E-state index is 13.6. The molecular weight excluding hydrogens is 257 g/mol. The number of aliphatic hydroxyl groups excluding tert-OH is 1. The van der Waals surface area contributed by atoms with Crippen LogP contribution in [0.5, 0.6) is 5.75 Å². The van der Waals surface area contributed by atoms with Crippen molar-refractivity contribution in [2.24, 2.45) is 0 Å². The standard InChI is InChI=1S/C16H14FNO2/c17-15-4-3-14(2-1-10-19)12-16(15)20-11-7-13-5-8-18-9-6-13/h3-6,8-9,12,19H,7,10-11H2. The molecule has 0 spiro atoms. The minimum Gasteiger partial charge on any atom is -0.490 e. The van der Waals surface area contributed by atoms with Gasteiger partial charge in [0, 0.05) is 24.4 Å². The van der Waals surface area contributed by atoms with E-state index in [0.717, 1.165) is 5.56 Å². The van der Waals surface area contributed by atoms with Crippen molar-refractivity contribution < 1.29 is 14.2 Å². The van der Waals surface area contributed by atoms with E-state index in [2.05, 4.69) is 16.8 Å². The van der Waals surface area contributed by atoms with Crippen molar-refractivity contribution in [1.82, 2.24) is 4.98 Å². The second-order valence-electron chi connectivity index (χ2n) is 4.06. The molecule has 20 heavy (non-hydrogen) atoms. The van der Waals surface area contributed by atoms with Gasteiger partial charge in [0.05, 0.1) is 6.61 Å². The number of aromatic nitrogens is 1. The zero-order valence-corrected chi connectivity index (χ0v) is 10.8. The fourth-order valence-electron chi connectivity index (χ4n) is 1.66. The highest BCUT2D eigenvalue weighted by Gasteiger charge is 2.04. The molecule has 0 aliphatic heterocycles. The number of ether oxygens (including phenoxy) is 1. The van der Waals surface area contributed by atoms with Crippen LogP contribution in [0.15, 0.2) is 42.7 Å². The average Bonchev–Trinajstić information content (AvgIpc) is 2.49. The lowest BCUT2D eigenvalue weighted by Crippen LogP contribution is -2.03. The fourth-order valence-corrected chi connectivity index (χ4v) is 1.66. The van der Waals surface area contributed by atoms with Crippen LogP contribution in [0.1, 0.15) is 11.1 Å². The van der Waals surface area contributed by atoms with Gasteiger partial charge in [-0.2, -0.15) is 0 Å². The molecule has 1 N–H and O–H groups in total. The summed E-state index contributed by atoms with van der Waals surface area (Å²) < 4.78 is 19.0. The van der Waals surface area contributed by atoms with E-state index >= 15 is 0 Å². The Morgan fingerprint density at radius 3 is 2.75 bits per heavy atom. The van der Waals surface area contributed by atoms with Crippen molar-refractivity contribution in [1.29, 1.82) is 0 Å². The SMILES string of the molecule is OCC#Cc1ccc(F)c(OCCc2ccncc2)c1. The molecule has 1 aromatic heterocycles. The highest BCUT2D eigenvalue weighted by molar-refractivity contribution is 5.40. The van der Waals surface area contributed by atoms with E-state index in [1.54, 1.807) is 18.5 Å². The molecule has 0 bridgehead atoms. The van der Waals surface area contributed by atoms with E-state index in [4.69, 9.17) is 9.84 Å². The topological polar surface area (TPSA) is 42.4 Å². The number of hydrogen-bond acceptors (Lipinski definition) is 3. The molecule has 0 aliphatic carbocycles. The number of nitrogens with zero attached hydrogens (tertiary/aromatic N) is 1. The van der Waals surface area contributed by atoms with Crippen molar-refractivity contribution in [2.75, 3.05) is 13.2 Å². The molecule has 4 heteroatoms. The molecule has 1 aromatic carbocycles. The van der Waals surface area contributed by atoms with E-state index in [1.807, 2.05) is 12.1 Å². The Labute approximate surface area is 117 Å². The van der Waals surface area contributed by atoms with Gasteiger partial charge in [-0.3, -0.25) is 4.98 Å². The van der Waals surface area contributed by atoms with Gasteiger partial charge in [-0.15, -0.1) is 0 Å². The number of aliphatic hydroxyl groups is 1. The van der Waals surface area contributed by atoms with Gasteiger partial charge in [0.2, 0.25) is 0 Å². The van der Waals surface area contributed by atoms with Gasteiger partial charge in [-0.25, -0.2) is 4.39 Å². The van der Waals surface area contributed by atoms with Crippen molar-refractivity contribution >= 4 is 0 Å². The van der Waals surface area contributed by atoms with Gasteiger partial charge in [0.25, 0.3) is 0 Å². The fraction of sp³-hybridized carbons (Fsp3) is 0.188. The van der Waals surface area contributed by atoms with Crippen LogP contribution in [0, 0.1) is 17.7 Å². The molecular formula is C16H14FNO2. The molecule has 0 aliphatic rings. The lowest BCUT2D eigenvalue weighted by atomic mass is 10.2. The first-order valence-electron chi connectivity index (χ1n) is 6.20. The van der Waals surface area contributed by atoms with Crippen LogP contribution >= 0.6 is 0 Å². The summed E-state index contributed by atoms with van der Waals surface area (Å²) in [4.78, 5) is 3.93. The monoisotopic (exact) mass is 271 g/mol. The summed E-state index contributed by atoms with van der Waals surface area (Å²) >= 11 is 0. The van der Waals surface area contributed by atoms with Crippen molar-refractivity contribution in [3.8, 4) is 17.6 Å². The van der Waals surface area contributed by atoms with Crippen LogP contribution < -0.4 is 4.74 Å². The zero-order chi connectivity index (χ0) is 14.2. The molecule has 2 aromatic rings. The van der Waals surface area contributed by atoms with Crippen LogP contribution in [-0.2, 0) is 6.42 Å². The van der Waals surface area contributed by atoms with Gasteiger partial charge in [0.15, 0.2) is 11.6 Å². The molecule has 0 radical (unpaired) electrons. The summed E-state index contributed by atoms with van der Waals surface area (Å²) in [5, 5.41) is 8.63. The first-order valence-corrected chi connectivity index (χ1v) is 6.20. The van der Waals surface area contributed by atoms with E-state index in [1.165, 1.54) is 12.1 Å². The van der Waals surface area contributed by atoms with Crippen LogP contribution in [0.4, 0.5) is 4.39 Å². The third kappa shape index (κ3) is 4.08. The zero-order valence-electron chi connectivity index (χ0n) is 10.8. The normalized spacial score (nSPS) is 9.70. The predicted octanol–water partition coefficient (Wildman–Crippen LogP) is 2.19. The third-order valence-corrected chi connectivity index (χ3v) is 2.64. The highest BCUT2D eigenvalue weighted by atomic mass is 19.1. The van der Waals surface area contributed by atoms with Crippen LogP contribution in [0.3, 0.4) is 0 Å². The Balaban J connectivity index is 1.98. The second kappa shape index (κ2) is 7.27. The van der Waals surface area contributed by atoms with Gasteiger partial charge in [-0.05, 0) is 35.9 Å². The van der Waals surface area contributed by atoms with Crippen molar-refractivity contribution in [3.63, 3.8) is 0 Å². The third-order valence-electron chi connectivity index (χ3n) is 2.64. The van der Waals surface area contributed by atoms with E-state index in [9.17, 15) is 4.39 Å². The second-order valence-corrected chi connectivity index (χ2v) is 4.06. The maximum Gasteiger partial charge on any atom is 0.165 e. The van der Waals surface area contributed by atoms with Crippen LogP contribution in [0.2, 0.25) is 0 Å². The summed E-state index contributed by atoms with van der Waals surface area (Å²) in [6, 6.07) is 8.17. The summed E-state index contributed by atoms with van der Waals surface area (Å²) in [6.45, 7) is 0.146. The van der Waals surface area contributed by atoms with E-state index < -0.39 is 5.82 Å². The molecule has 3 nitrogen and oxygen atoms in total. The lowest BCUT2D eigenvalue weighted by Gasteiger charge is -2.07. The van der Waals surface area contributed by atoms with Gasteiger partial charge < -0.3 is 9.84 Å². The maximum atomic E-state index is 13.6. The summed E-state index contributed by atoms with van der Waals surface area (Å²) in [5.41, 5.74) is 1.69. The Morgan fingerprint density at radius 1 is 1.20 bits per heavy atom. The molecule has 0 saturated carbocycles. The minimum atomic E-state index is -0.422. The van der Waals surface area contributed by atoms with Crippen molar-refractivity contribution in [2.45, 2.75) is 6.42 Å².